The molecule has 0 bridgehead atoms. The number of hydrogen-bond donors (Lipinski definition) is 0. The Morgan fingerprint density at radius 1 is 1.50 bits per heavy atom. The van der Waals surface area contributed by atoms with E-state index in [0.717, 1.165) is 12.8 Å². The van der Waals surface area contributed by atoms with Gasteiger partial charge in [0, 0.05) is 11.6 Å². The lowest BCUT2D eigenvalue weighted by Crippen LogP contribution is -2.09. The number of carbonyl (C=O) groups excluding carboxylic acids is 1. The van der Waals surface area contributed by atoms with Crippen molar-refractivity contribution in [1.82, 2.24) is 0 Å². The van der Waals surface area contributed by atoms with Gasteiger partial charge in [-0.2, -0.15) is 0 Å². The summed E-state index contributed by atoms with van der Waals surface area (Å²) < 4.78 is 5.45. The Kier molecular flexibility index (Phi) is 5.30. The number of carbonyl (C=O) groups is 1. The summed E-state index contributed by atoms with van der Waals surface area (Å²) in [6.45, 7) is 4.52. The van der Waals surface area contributed by atoms with Crippen LogP contribution < -0.4 is 4.74 Å². The van der Waals surface area contributed by atoms with Crippen LogP contribution in [-0.4, -0.2) is 17.8 Å². The average molecular weight is 251 g/mol. The first-order chi connectivity index (χ1) is 8.58. The van der Waals surface area contributed by atoms with Crippen LogP contribution in [0, 0.1) is 16.0 Å². The summed E-state index contributed by atoms with van der Waals surface area (Å²) in [6, 6.07) is 4.11. The number of nitrogens with zero attached hydrogens (tertiary/aromatic N) is 1. The Hall–Kier alpha value is -1.91. The highest BCUT2D eigenvalue weighted by Crippen LogP contribution is 2.28. The molecule has 0 aliphatic carbocycles. The van der Waals surface area contributed by atoms with Crippen LogP contribution in [0.5, 0.6) is 5.75 Å². The summed E-state index contributed by atoms with van der Waals surface area (Å²) in [6.07, 6.45) is 2.69. The van der Waals surface area contributed by atoms with E-state index in [9.17, 15) is 14.9 Å². The highest BCUT2D eigenvalue weighted by atomic mass is 16.6. The summed E-state index contributed by atoms with van der Waals surface area (Å²) in [5, 5.41) is 10.8. The van der Waals surface area contributed by atoms with Crippen LogP contribution in [0.25, 0.3) is 0 Å². The second-order valence-corrected chi connectivity index (χ2v) is 4.31. The van der Waals surface area contributed by atoms with E-state index in [2.05, 4.69) is 6.92 Å². The van der Waals surface area contributed by atoms with Crippen molar-refractivity contribution in [2.24, 2.45) is 5.92 Å². The van der Waals surface area contributed by atoms with Gasteiger partial charge in [-0.05, 0) is 24.5 Å². The smallest absolute Gasteiger partial charge is 0.310 e. The predicted molar refractivity (Wildman–Crippen MR) is 68.1 cm³/mol. The minimum Gasteiger partial charge on any atom is -0.487 e. The van der Waals surface area contributed by atoms with E-state index in [0.29, 0.717) is 24.4 Å². The zero-order valence-electron chi connectivity index (χ0n) is 10.6. The van der Waals surface area contributed by atoms with E-state index in [-0.39, 0.29) is 11.4 Å². The second-order valence-electron chi connectivity index (χ2n) is 4.31. The summed E-state index contributed by atoms with van der Waals surface area (Å²) >= 11 is 0. The third-order valence-electron chi connectivity index (χ3n) is 2.62. The SMILES string of the molecule is CCCC(C)COc1cc(C=O)ccc1[N+](=O)[O-]. The number of hydrogen-bond acceptors (Lipinski definition) is 4. The van der Waals surface area contributed by atoms with Crippen LogP contribution in [0.2, 0.25) is 0 Å². The van der Waals surface area contributed by atoms with Crippen molar-refractivity contribution in [3.63, 3.8) is 0 Å². The molecule has 5 nitrogen and oxygen atoms in total. The van der Waals surface area contributed by atoms with Gasteiger partial charge in [0.1, 0.15) is 6.29 Å². The minimum atomic E-state index is -0.506. The Balaban J connectivity index is 2.84. The number of aldehydes is 1. The molecule has 0 aliphatic rings. The van der Waals surface area contributed by atoms with E-state index in [1.807, 2.05) is 6.92 Å². The molecule has 0 fully saturated rings. The molecule has 0 spiro atoms. The standard InChI is InChI=1S/C13H17NO4/c1-3-4-10(2)9-18-13-7-11(8-15)5-6-12(13)14(16)17/h5-8,10H,3-4,9H2,1-2H3. The number of nitro groups is 1. The molecule has 18 heavy (non-hydrogen) atoms. The molecule has 0 aromatic heterocycles. The predicted octanol–water partition coefficient (Wildman–Crippen LogP) is 3.22. The van der Waals surface area contributed by atoms with Crippen molar-refractivity contribution < 1.29 is 14.5 Å². The van der Waals surface area contributed by atoms with Crippen LogP contribution in [0.3, 0.4) is 0 Å². The number of ether oxygens (including phenoxy) is 1. The molecule has 0 saturated heterocycles. The van der Waals surface area contributed by atoms with Gasteiger partial charge in [0.05, 0.1) is 11.5 Å². The number of nitro benzene ring substituents is 1. The summed E-state index contributed by atoms with van der Waals surface area (Å²) in [4.78, 5) is 21.0. The number of rotatable bonds is 7. The molecule has 1 aromatic rings. The monoisotopic (exact) mass is 251 g/mol. The Labute approximate surface area is 106 Å². The highest BCUT2D eigenvalue weighted by molar-refractivity contribution is 5.76. The molecular formula is C13H17NO4. The van der Waals surface area contributed by atoms with Gasteiger partial charge in [-0.1, -0.05) is 20.3 Å². The highest BCUT2D eigenvalue weighted by Gasteiger charge is 2.16. The lowest BCUT2D eigenvalue weighted by molar-refractivity contribution is -0.385. The van der Waals surface area contributed by atoms with E-state index in [4.69, 9.17) is 4.74 Å². The van der Waals surface area contributed by atoms with Crippen molar-refractivity contribution in [3.05, 3.63) is 33.9 Å². The first kappa shape index (κ1) is 14.2. The van der Waals surface area contributed by atoms with Gasteiger partial charge in [-0.15, -0.1) is 0 Å². The van der Waals surface area contributed by atoms with Gasteiger partial charge in [0.25, 0.3) is 0 Å². The van der Waals surface area contributed by atoms with E-state index < -0.39 is 4.92 Å². The fraction of sp³-hybridized carbons (Fsp3) is 0.462. The molecule has 0 radical (unpaired) electrons. The quantitative estimate of drug-likeness (QED) is 0.424. The second kappa shape index (κ2) is 6.74. The molecule has 0 N–H and O–H groups in total. The Bertz CT molecular complexity index is 431. The normalized spacial score (nSPS) is 11.9. The maximum atomic E-state index is 10.8. The van der Waals surface area contributed by atoms with Gasteiger partial charge in [0.15, 0.2) is 5.75 Å². The van der Waals surface area contributed by atoms with E-state index >= 15 is 0 Å². The van der Waals surface area contributed by atoms with E-state index in [1.165, 1.54) is 18.2 Å². The first-order valence-corrected chi connectivity index (χ1v) is 5.94. The molecule has 0 saturated carbocycles. The molecule has 1 rings (SSSR count). The zero-order valence-corrected chi connectivity index (χ0v) is 10.6. The Morgan fingerprint density at radius 3 is 2.78 bits per heavy atom. The Morgan fingerprint density at radius 2 is 2.22 bits per heavy atom. The van der Waals surface area contributed by atoms with E-state index in [1.54, 1.807) is 0 Å². The van der Waals surface area contributed by atoms with Crippen molar-refractivity contribution >= 4 is 12.0 Å². The summed E-state index contributed by atoms with van der Waals surface area (Å²) in [5.41, 5.74) is 0.267. The molecule has 5 heteroatoms. The van der Waals surface area contributed by atoms with Gasteiger partial charge in [0.2, 0.25) is 0 Å². The van der Waals surface area contributed by atoms with Crippen LogP contribution in [0.15, 0.2) is 18.2 Å². The fourth-order valence-corrected chi connectivity index (χ4v) is 1.68. The van der Waals surface area contributed by atoms with Crippen molar-refractivity contribution in [2.75, 3.05) is 6.61 Å². The molecule has 1 unspecified atom stereocenters. The van der Waals surface area contributed by atoms with Gasteiger partial charge in [-0.3, -0.25) is 14.9 Å². The fourth-order valence-electron chi connectivity index (χ4n) is 1.68. The maximum absolute atomic E-state index is 10.8. The van der Waals surface area contributed by atoms with Crippen LogP contribution in [-0.2, 0) is 0 Å². The zero-order chi connectivity index (χ0) is 13.5. The van der Waals surface area contributed by atoms with Crippen LogP contribution in [0.1, 0.15) is 37.0 Å². The maximum Gasteiger partial charge on any atom is 0.310 e. The van der Waals surface area contributed by atoms with Gasteiger partial charge < -0.3 is 4.74 Å². The van der Waals surface area contributed by atoms with Crippen LogP contribution >= 0.6 is 0 Å². The van der Waals surface area contributed by atoms with Crippen LogP contribution in [0.4, 0.5) is 5.69 Å². The van der Waals surface area contributed by atoms with Crippen molar-refractivity contribution in [3.8, 4) is 5.75 Å². The molecule has 0 amide bonds. The molecule has 1 atom stereocenters. The lowest BCUT2D eigenvalue weighted by atomic mass is 10.1. The minimum absolute atomic E-state index is 0.107. The topological polar surface area (TPSA) is 69.4 Å². The summed E-state index contributed by atoms with van der Waals surface area (Å²) in [7, 11) is 0. The van der Waals surface area contributed by atoms with Gasteiger partial charge >= 0.3 is 5.69 Å². The summed E-state index contributed by atoms with van der Waals surface area (Å²) in [5.74, 6) is 0.488. The molecular weight excluding hydrogens is 234 g/mol. The third kappa shape index (κ3) is 3.84. The first-order valence-electron chi connectivity index (χ1n) is 5.94. The largest absolute Gasteiger partial charge is 0.487 e. The molecule has 0 heterocycles. The van der Waals surface area contributed by atoms with Crippen molar-refractivity contribution in [1.29, 1.82) is 0 Å². The van der Waals surface area contributed by atoms with Crippen molar-refractivity contribution in [2.45, 2.75) is 26.7 Å². The lowest BCUT2D eigenvalue weighted by Gasteiger charge is -2.12. The average Bonchev–Trinajstić information content (AvgIpc) is 2.36. The molecule has 98 valence electrons. The van der Waals surface area contributed by atoms with Gasteiger partial charge in [-0.25, -0.2) is 0 Å². The molecule has 0 aliphatic heterocycles. The number of benzene rings is 1. The molecule has 1 aromatic carbocycles. The third-order valence-corrected chi connectivity index (χ3v) is 2.62.